The van der Waals surface area contributed by atoms with Crippen molar-refractivity contribution in [2.45, 2.75) is 12.5 Å². The fourth-order valence-corrected chi connectivity index (χ4v) is 3.30. The first kappa shape index (κ1) is 20.4. The Morgan fingerprint density at radius 3 is 2.52 bits per heavy atom. The van der Waals surface area contributed by atoms with Crippen molar-refractivity contribution in [2.24, 2.45) is 7.05 Å². The van der Waals surface area contributed by atoms with Crippen molar-refractivity contribution >= 4 is 40.3 Å². The number of aromatic nitrogens is 1. The molecule has 150 valence electrons. The number of carbonyl (C=O) groups is 3. The number of fused-ring (bicyclic) bond motifs is 1. The molecule has 1 unspecified atom stereocenters. The van der Waals surface area contributed by atoms with E-state index in [1.165, 1.54) is 0 Å². The molecule has 2 amide bonds. The number of rotatable bonds is 7. The molecule has 0 radical (unpaired) electrons. The number of carboxylic acid groups (broad SMARTS) is 1. The fraction of sp³-hybridized carbons (Fsp3) is 0.190. The lowest BCUT2D eigenvalue weighted by atomic mass is 10.0. The number of nitrogens with zero attached hydrogens (tertiary/aromatic N) is 1. The van der Waals surface area contributed by atoms with Crippen LogP contribution >= 0.6 is 11.6 Å². The lowest BCUT2D eigenvalue weighted by Crippen LogP contribution is -2.49. The lowest BCUT2D eigenvalue weighted by molar-refractivity contribution is -0.138. The third-order valence-electron chi connectivity index (χ3n) is 4.56. The van der Waals surface area contributed by atoms with Crippen LogP contribution in [-0.4, -0.2) is 40.0 Å². The van der Waals surface area contributed by atoms with Crippen LogP contribution in [0.3, 0.4) is 0 Å². The molecule has 7 nitrogen and oxygen atoms in total. The van der Waals surface area contributed by atoms with Gasteiger partial charge >= 0.3 is 5.97 Å². The van der Waals surface area contributed by atoms with Crippen LogP contribution in [0.15, 0.2) is 54.6 Å². The average Bonchev–Trinajstić information content (AvgIpc) is 3.02. The van der Waals surface area contributed by atoms with Crippen molar-refractivity contribution in [3.05, 3.63) is 70.9 Å². The molecule has 0 saturated carbocycles. The Bertz CT molecular complexity index is 1060. The normalized spacial score (nSPS) is 11.8. The highest BCUT2D eigenvalue weighted by Gasteiger charge is 2.24. The van der Waals surface area contributed by atoms with Crippen LogP contribution in [0, 0.1) is 0 Å². The topological polar surface area (TPSA) is 100 Å². The minimum Gasteiger partial charge on any atom is -0.480 e. The summed E-state index contributed by atoms with van der Waals surface area (Å²) >= 11 is 6.03. The van der Waals surface area contributed by atoms with Gasteiger partial charge in [0, 0.05) is 29.4 Å². The van der Waals surface area contributed by atoms with E-state index in [0.717, 1.165) is 16.5 Å². The monoisotopic (exact) mass is 413 g/mol. The molecule has 1 aromatic heterocycles. The smallest absolute Gasteiger partial charge is 0.322 e. The number of nitrogens with one attached hydrogen (secondary N) is 2. The van der Waals surface area contributed by atoms with Gasteiger partial charge in [-0.1, -0.05) is 41.9 Å². The Morgan fingerprint density at radius 1 is 1.10 bits per heavy atom. The van der Waals surface area contributed by atoms with E-state index < -0.39 is 30.4 Å². The summed E-state index contributed by atoms with van der Waals surface area (Å²) in [6, 6.07) is 15.3. The SMILES string of the molecule is Cn1c(C(=O)NC(Cc2ccccc2)C(=O)NCC(=O)O)cc2cc(Cl)ccc21. The van der Waals surface area contributed by atoms with Gasteiger partial charge in [0.2, 0.25) is 5.91 Å². The summed E-state index contributed by atoms with van der Waals surface area (Å²) < 4.78 is 1.72. The zero-order valence-corrected chi connectivity index (χ0v) is 16.4. The molecule has 0 fully saturated rings. The van der Waals surface area contributed by atoms with Gasteiger partial charge in [0.25, 0.3) is 5.91 Å². The van der Waals surface area contributed by atoms with Crippen molar-refractivity contribution in [1.82, 2.24) is 15.2 Å². The van der Waals surface area contributed by atoms with E-state index in [9.17, 15) is 14.4 Å². The van der Waals surface area contributed by atoms with Gasteiger partial charge in [0.1, 0.15) is 18.3 Å². The first-order valence-electron chi connectivity index (χ1n) is 8.94. The number of hydrogen-bond acceptors (Lipinski definition) is 3. The standard InChI is InChI=1S/C21H20ClN3O4/c1-25-17-8-7-15(22)10-14(17)11-18(25)21(29)24-16(20(28)23-12-19(26)27)9-13-5-3-2-4-6-13/h2-8,10-11,16H,9,12H2,1H3,(H,23,28)(H,24,29)(H,26,27). The summed E-state index contributed by atoms with van der Waals surface area (Å²) in [6.07, 6.45) is 0.230. The Hall–Kier alpha value is -3.32. The van der Waals surface area contributed by atoms with E-state index in [2.05, 4.69) is 10.6 Å². The Labute approximate surface area is 172 Å². The number of aryl methyl sites for hydroxylation is 1. The molecule has 3 N–H and O–H groups in total. The first-order valence-corrected chi connectivity index (χ1v) is 9.32. The summed E-state index contributed by atoms with van der Waals surface area (Å²) in [5, 5.41) is 15.2. The van der Waals surface area contributed by atoms with Crippen LogP contribution in [-0.2, 0) is 23.1 Å². The fourth-order valence-electron chi connectivity index (χ4n) is 3.12. The third-order valence-corrected chi connectivity index (χ3v) is 4.79. The molecule has 0 aliphatic rings. The molecule has 0 aliphatic carbocycles. The Balaban J connectivity index is 1.84. The molecule has 3 rings (SSSR count). The van der Waals surface area contributed by atoms with E-state index in [0.29, 0.717) is 10.7 Å². The minimum atomic E-state index is -1.16. The maximum Gasteiger partial charge on any atom is 0.322 e. The Morgan fingerprint density at radius 2 is 1.83 bits per heavy atom. The summed E-state index contributed by atoms with van der Waals surface area (Å²) in [5.74, 6) is -2.16. The quantitative estimate of drug-likeness (QED) is 0.553. The highest BCUT2D eigenvalue weighted by atomic mass is 35.5. The van der Waals surface area contributed by atoms with Gasteiger partial charge in [0.05, 0.1) is 0 Å². The third kappa shape index (κ3) is 4.94. The maximum absolute atomic E-state index is 12.9. The number of halogens is 1. The molecule has 2 aromatic carbocycles. The largest absolute Gasteiger partial charge is 0.480 e. The predicted octanol–water partition coefficient (Wildman–Crippen LogP) is 2.37. The number of amides is 2. The molecular weight excluding hydrogens is 394 g/mol. The van der Waals surface area contributed by atoms with Gasteiger partial charge < -0.3 is 20.3 Å². The van der Waals surface area contributed by atoms with Crippen LogP contribution in [0.25, 0.3) is 10.9 Å². The molecular formula is C21H20ClN3O4. The van der Waals surface area contributed by atoms with Gasteiger partial charge in [-0.2, -0.15) is 0 Å². The molecule has 0 aliphatic heterocycles. The second-order valence-electron chi connectivity index (χ2n) is 6.62. The zero-order valence-electron chi connectivity index (χ0n) is 15.7. The predicted molar refractivity (Wildman–Crippen MR) is 110 cm³/mol. The van der Waals surface area contributed by atoms with Crippen molar-refractivity contribution in [3.63, 3.8) is 0 Å². The molecule has 3 aromatic rings. The van der Waals surface area contributed by atoms with E-state index in [1.807, 2.05) is 36.4 Å². The van der Waals surface area contributed by atoms with Crippen molar-refractivity contribution in [3.8, 4) is 0 Å². The summed E-state index contributed by atoms with van der Waals surface area (Å²) in [4.78, 5) is 36.2. The number of aliphatic carboxylic acids is 1. The number of carboxylic acids is 1. The molecule has 0 bridgehead atoms. The van der Waals surface area contributed by atoms with Gasteiger partial charge in [-0.05, 0) is 29.8 Å². The van der Waals surface area contributed by atoms with Crippen LogP contribution in [0.4, 0.5) is 0 Å². The maximum atomic E-state index is 12.9. The Kier molecular flexibility index (Phi) is 6.19. The van der Waals surface area contributed by atoms with Crippen molar-refractivity contribution in [2.75, 3.05) is 6.54 Å². The minimum absolute atomic E-state index is 0.230. The van der Waals surface area contributed by atoms with Crippen LogP contribution in [0.2, 0.25) is 5.02 Å². The molecule has 8 heteroatoms. The van der Waals surface area contributed by atoms with E-state index in [4.69, 9.17) is 16.7 Å². The van der Waals surface area contributed by atoms with Crippen LogP contribution in [0.1, 0.15) is 16.1 Å². The molecule has 0 spiro atoms. The summed E-state index contributed by atoms with van der Waals surface area (Å²) in [7, 11) is 1.75. The summed E-state index contributed by atoms with van der Waals surface area (Å²) in [6.45, 7) is -0.521. The second kappa shape index (κ2) is 8.79. The average molecular weight is 414 g/mol. The highest BCUT2D eigenvalue weighted by molar-refractivity contribution is 6.31. The first-order chi connectivity index (χ1) is 13.8. The van der Waals surface area contributed by atoms with Gasteiger partial charge in [0.15, 0.2) is 0 Å². The van der Waals surface area contributed by atoms with E-state index in [-0.39, 0.29) is 6.42 Å². The van der Waals surface area contributed by atoms with E-state index >= 15 is 0 Å². The summed E-state index contributed by atoms with van der Waals surface area (Å²) in [5.41, 5.74) is 2.04. The number of benzene rings is 2. The van der Waals surface area contributed by atoms with Crippen LogP contribution < -0.4 is 10.6 Å². The van der Waals surface area contributed by atoms with Crippen molar-refractivity contribution < 1.29 is 19.5 Å². The zero-order chi connectivity index (χ0) is 21.0. The molecule has 1 heterocycles. The second-order valence-corrected chi connectivity index (χ2v) is 7.06. The van der Waals surface area contributed by atoms with Gasteiger partial charge in [-0.15, -0.1) is 0 Å². The van der Waals surface area contributed by atoms with Crippen LogP contribution in [0.5, 0.6) is 0 Å². The molecule has 0 saturated heterocycles. The molecule has 29 heavy (non-hydrogen) atoms. The molecule has 1 atom stereocenters. The number of hydrogen-bond donors (Lipinski definition) is 3. The van der Waals surface area contributed by atoms with Crippen molar-refractivity contribution in [1.29, 1.82) is 0 Å². The van der Waals surface area contributed by atoms with Gasteiger partial charge in [-0.25, -0.2) is 0 Å². The van der Waals surface area contributed by atoms with E-state index in [1.54, 1.807) is 29.8 Å². The highest BCUT2D eigenvalue weighted by Crippen LogP contribution is 2.22. The number of carbonyl (C=O) groups excluding carboxylic acids is 2. The lowest BCUT2D eigenvalue weighted by Gasteiger charge is -2.18. The van der Waals surface area contributed by atoms with Gasteiger partial charge in [-0.3, -0.25) is 14.4 Å².